The number of aromatic carboxylic acids is 1. The number of carboxylic acid groups (broad SMARTS) is 1. The fourth-order valence-electron chi connectivity index (χ4n) is 5.94. The second-order valence-electron chi connectivity index (χ2n) is 8.82. The Bertz CT molecular complexity index is 1240. The van der Waals surface area contributed by atoms with Gasteiger partial charge in [0.1, 0.15) is 0 Å². The summed E-state index contributed by atoms with van der Waals surface area (Å²) in [5.41, 5.74) is 2.65. The van der Waals surface area contributed by atoms with Crippen LogP contribution in [0.1, 0.15) is 29.6 Å². The van der Waals surface area contributed by atoms with Crippen molar-refractivity contribution in [3.05, 3.63) is 60.2 Å². The summed E-state index contributed by atoms with van der Waals surface area (Å²) in [7, 11) is 0. The van der Waals surface area contributed by atoms with Gasteiger partial charge < -0.3 is 5.11 Å². The van der Waals surface area contributed by atoms with Gasteiger partial charge >= 0.3 is 5.97 Å². The zero-order valence-corrected chi connectivity index (χ0v) is 16.7. The standard InChI is InChI=1S/C25H20N2O4/c28-23-21-14-5-6-15(11-14)22(21)24(29)27(23)16-9-7-13(8-10-16)20-12-18(25(30)31)17-3-1-2-4-19(17)26-20/h1-4,7-10,12,14-15,21-22H,5-6,11H2,(H,30,31)/t14-,15-,21-,22+/m0/s1. The van der Waals surface area contributed by atoms with E-state index in [1.54, 1.807) is 48.5 Å². The molecule has 1 saturated heterocycles. The summed E-state index contributed by atoms with van der Waals surface area (Å²) < 4.78 is 0. The molecule has 2 aromatic carbocycles. The molecule has 6 heteroatoms. The monoisotopic (exact) mass is 412 g/mol. The minimum absolute atomic E-state index is 0.0630. The Kier molecular flexibility index (Phi) is 3.81. The van der Waals surface area contributed by atoms with E-state index in [0.29, 0.717) is 34.1 Å². The lowest BCUT2D eigenvalue weighted by Crippen LogP contribution is -2.32. The maximum absolute atomic E-state index is 13.0. The highest BCUT2D eigenvalue weighted by atomic mass is 16.4. The first-order valence-corrected chi connectivity index (χ1v) is 10.6. The van der Waals surface area contributed by atoms with Gasteiger partial charge in [0, 0.05) is 10.9 Å². The van der Waals surface area contributed by atoms with Crippen LogP contribution in [0.3, 0.4) is 0 Å². The minimum atomic E-state index is -1.01. The van der Waals surface area contributed by atoms with Crippen LogP contribution in [0.5, 0.6) is 0 Å². The maximum atomic E-state index is 13.0. The number of fused-ring (bicyclic) bond motifs is 6. The van der Waals surface area contributed by atoms with E-state index >= 15 is 0 Å². The number of pyridine rings is 1. The van der Waals surface area contributed by atoms with Gasteiger partial charge in [-0.15, -0.1) is 0 Å². The van der Waals surface area contributed by atoms with Gasteiger partial charge in [-0.2, -0.15) is 0 Å². The molecule has 3 fully saturated rings. The van der Waals surface area contributed by atoms with E-state index in [9.17, 15) is 19.5 Å². The molecule has 2 saturated carbocycles. The molecular formula is C25H20N2O4. The Balaban J connectivity index is 1.36. The highest BCUT2D eigenvalue weighted by molar-refractivity contribution is 6.22. The summed E-state index contributed by atoms with van der Waals surface area (Å²) in [4.78, 5) is 43.8. The fraction of sp³-hybridized carbons (Fsp3) is 0.280. The topological polar surface area (TPSA) is 87.6 Å². The molecule has 2 amide bonds. The molecule has 2 heterocycles. The Hall–Kier alpha value is -3.54. The first-order chi connectivity index (χ1) is 15.0. The van der Waals surface area contributed by atoms with Crippen LogP contribution >= 0.6 is 0 Å². The first kappa shape index (κ1) is 18.2. The van der Waals surface area contributed by atoms with Crippen LogP contribution in [0.4, 0.5) is 5.69 Å². The smallest absolute Gasteiger partial charge is 0.336 e. The predicted molar refractivity (Wildman–Crippen MR) is 114 cm³/mol. The zero-order chi connectivity index (χ0) is 21.3. The maximum Gasteiger partial charge on any atom is 0.336 e. The Labute approximate surface area is 178 Å². The quantitative estimate of drug-likeness (QED) is 0.654. The van der Waals surface area contributed by atoms with Crippen molar-refractivity contribution in [3.8, 4) is 11.3 Å². The van der Waals surface area contributed by atoms with Gasteiger partial charge in [-0.25, -0.2) is 9.78 Å². The number of carboxylic acids is 1. The third-order valence-corrected chi connectivity index (χ3v) is 7.30. The normalized spacial score (nSPS) is 26.6. The number of nitrogens with zero attached hydrogens (tertiary/aromatic N) is 2. The van der Waals surface area contributed by atoms with E-state index in [2.05, 4.69) is 4.98 Å². The van der Waals surface area contributed by atoms with E-state index < -0.39 is 5.97 Å². The number of hydrogen-bond donors (Lipinski definition) is 1. The number of hydrogen-bond acceptors (Lipinski definition) is 4. The van der Waals surface area contributed by atoms with Crippen LogP contribution in [0.15, 0.2) is 54.6 Å². The average molecular weight is 412 g/mol. The molecule has 1 N–H and O–H groups in total. The molecule has 1 aliphatic heterocycles. The van der Waals surface area contributed by atoms with E-state index in [1.807, 2.05) is 6.07 Å². The summed E-state index contributed by atoms with van der Waals surface area (Å²) >= 11 is 0. The van der Waals surface area contributed by atoms with Crippen LogP contribution in [0.25, 0.3) is 22.2 Å². The van der Waals surface area contributed by atoms with Gasteiger partial charge in [0.25, 0.3) is 0 Å². The minimum Gasteiger partial charge on any atom is -0.478 e. The zero-order valence-electron chi connectivity index (χ0n) is 16.7. The number of benzene rings is 2. The molecule has 0 spiro atoms. The summed E-state index contributed by atoms with van der Waals surface area (Å²) in [6.45, 7) is 0. The molecule has 0 unspecified atom stereocenters. The third-order valence-electron chi connectivity index (χ3n) is 7.30. The van der Waals surface area contributed by atoms with E-state index in [1.165, 1.54) is 4.90 Å². The molecule has 31 heavy (non-hydrogen) atoms. The van der Waals surface area contributed by atoms with E-state index in [-0.39, 0.29) is 29.2 Å². The molecule has 154 valence electrons. The lowest BCUT2D eigenvalue weighted by Gasteiger charge is -2.19. The number of amides is 2. The van der Waals surface area contributed by atoms with Crippen molar-refractivity contribution in [2.24, 2.45) is 23.7 Å². The van der Waals surface area contributed by atoms with Gasteiger partial charge in [0.15, 0.2) is 0 Å². The van der Waals surface area contributed by atoms with Crippen molar-refractivity contribution < 1.29 is 19.5 Å². The molecule has 0 radical (unpaired) electrons. The number of carbonyl (C=O) groups is 3. The molecule has 1 aromatic heterocycles. The fourth-order valence-corrected chi connectivity index (χ4v) is 5.94. The van der Waals surface area contributed by atoms with Gasteiger partial charge in [-0.1, -0.05) is 30.3 Å². The molecule has 3 aliphatic rings. The number of imide groups is 1. The van der Waals surface area contributed by atoms with E-state index in [4.69, 9.17) is 0 Å². The average Bonchev–Trinajstić information content (AvgIpc) is 3.47. The number of para-hydroxylation sites is 1. The third kappa shape index (κ3) is 2.57. The Morgan fingerprint density at radius 1 is 0.935 bits per heavy atom. The Morgan fingerprint density at radius 3 is 2.23 bits per heavy atom. The summed E-state index contributed by atoms with van der Waals surface area (Å²) in [5, 5.41) is 10.2. The molecule has 4 atom stereocenters. The van der Waals surface area contributed by atoms with Crippen LogP contribution in [-0.4, -0.2) is 27.9 Å². The molecular weight excluding hydrogens is 392 g/mol. The Morgan fingerprint density at radius 2 is 1.58 bits per heavy atom. The van der Waals surface area contributed by atoms with Crippen molar-refractivity contribution in [1.82, 2.24) is 4.98 Å². The van der Waals surface area contributed by atoms with Crippen molar-refractivity contribution in [2.75, 3.05) is 4.90 Å². The number of rotatable bonds is 3. The number of anilines is 1. The molecule has 2 bridgehead atoms. The van der Waals surface area contributed by atoms with Gasteiger partial charge in [0.2, 0.25) is 11.8 Å². The van der Waals surface area contributed by atoms with Gasteiger partial charge in [-0.3, -0.25) is 14.5 Å². The number of aromatic nitrogens is 1. The van der Waals surface area contributed by atoms with Crippen LogP contribution in [0.2, 0.25) is 0 Å². The molecule has 3 aromatic rings. The van der Waals surface area contributed by atoms with Gasteiger partial charge in [0.05, 0.1) is 34.3 Å². The molecule has 2 aliphatic carbocycles. The number of carbonyl (C=O) groups excluding carboxylic acids is 2. The lowest BCUT2D eigenvalue weighted by molar-refractivity contribution is -0.123. The summed E-state index contributed by atoms with van der Waals surface area (Å²) in [6, 6.07) is 15.8. The highest BCUT2D eigenvalue weighted by Crippen LogP contribution is 2.56. The largest absolute Gasteiger partial charge is 0.478 e. The SMILES string of the molecule is O=C(O)c1cc(-c2ccc(N3C(=O)[C@@H]4[C@H]5CC[C@@H](C5)[C@@H]4C3=O)cc2)nc2ccccc12. The summed E-state index contributed by atoms with van der Waals surface area (Å²) in [5.74, 6) is -0.721. The first-order valence-electron chi connectivity index (χ1n) is 10.6. The second-order valence-corrected chi connectivity index (χ2v) is 8.82. The van der Waals surface area contributed by atoms with Crippen molar-refractivity contribution in [1.29, 1.82) is 0 Å². The summed E-state index contributed by atoms with van der Waals surface area (Å²) in [6.07, 6.45) is 3.12. The van der Waals surface area contributed by atoms with Crippen molar-refractivity contribution >= 4 is 34.4 Å². The van der Waals surface area contributed by atoms with Crippen LogP contribution in [0, 0.1) is 23.7 Å². The van der Waals surface area contributed by atoms with Gasteiger partial charge in [-0.05, 0) is 55.4 Å². The van der Waals surface area contributed by atoms with Crippen molar-refractivity contribution in [2.45, 2.75) is 19.3 Å². The highest BCUT2D eigenvalue weighted by Gasteiger charge is 2.61. The van der Waals surface area contributed by atoms with Crippen LogP contribution < -0.4 is 4.90 Å². The second kappa shape index (κ2) is 6.48. The molecule has 6 rings (SSSR count). The van der Waals surface area contributed by atoms with Crippen molar-refractivity contribution in [3.63, 3.8) is 0 Å². The lowest BCUT2D eigenvalue weighted by atomic mass is 9.81. The molecule has 6 nitrogen and oxygen atoms in total. The predicted octanol–water partition coefficient (Wildman–Crippen LogP) is 4.14. The van der Waals surface area contributed by atoms with E-state index in [0.717, 1.165) is 24.8 Å². The van der Waals surface area contributed by atoms with Crippen LogP contribution in [-0.2, 0) is 9.59 Å².